The van der Waals surface area contributed by atoms with Crippen LogP contribution in [0.2, 0.25) is 0 Å². The highest BCUT2D eigenvalue weighted by Crippen LogP contribution is 2.44. The number of ether oxygens (including phenoxy) is 2. The normalized spacial score (nSPS) is 14.0. The zero-order valence-corrected chi connectivity index (χ0v) is 17.5. The summed E-state index contributed by atoms with van der Waals surface area (Å²) in [7, 11) is 0.781. The summed E-state index contributed by atoms with van der Waals surface area (Å²) in [5.74, 6) is 9.05. The molecule has 4 nitrogen and oxygen atoms in total. The van der Waals surface area contributed by atoms with E-state index in [9.17, 15) is 23.1 Å². The number of thiophene rings is 1. The van der Waals surface area contributed by atoms with Crippen LogP contribution in [0, 0.1) is 23.7 Å². The molecule has 0 saturated carbocycles. The van der Waals surface area contributed by atoms with Gasteiger partial charge >= 0.3 is 12.1 Å². The number of aliphatic hydroxyl groups is 1. The van der Waals surface area contributed by atoms with Gasteiger partial charge in [-0.15, -0.1) is 11.3 Å². The second-order valence-electron chi connectivity index (χ2n) is 6.05. The Morgan fingerprint density at radius 1 is 1.19 bits per heavy atom. The molecule has 1 aromatic carbocycles. The van der Waals surface area contributed by atoms with Crippen LogP contribution in [-0.2, 0) is 19.9 Å². The van der Waals surface area contributed by atoms with Gasteiger partial charge in [-0.3, -0.25) is 0 Å². The van der Waals surface area contributed by atoms with Gasteiger partial charge in [-0.05, 0) is 42.9 Å². The number of carbonyl (C=O) groups is 1. The molecule has 0 bridgehead atoms. The van der Waals surface area contributed by atoms with E-state index < -0.39 is 36.0 Å². The third kappa shape index (κ3) is 5.56. The number of benzene rings is 1. The number of esters is 1. The highest BCUT2D eigenvalue weighted by atomic mass is 32.1. The van der Waals surface area contributed by atoms with E-state index in [1.165, 1.54) is 24.3 Å². The number of aliphatic hydroxyl groups excluding tert-OH is 1. The maximum absolute atomic E-state index is 14.0. The zero-order chi connectivity index (χ0) is 22.9. The third-order valence-corrected chi connectivity index (χ3v) is 5.20. The van der Waals surface area contributed by atoms with Crippen molar-refractivity contribution in [3.05, 3.63) is 69.9 Å². The fourth-order valence-electron chi connectivity index (χ4n) is 2.63. The zero-order valence-electron chi connectivity index (χ0n) is 16.7. The summed E-state index contributed by atoms with van der Waals surface area (Å²) in [4.78, 5) is 13.6. The fourth-order valence-corrected chi connectivity index (χ4v) is 3.51. The van der Waals surface area contributed by atoms with E-state index in [4.69, 9.17) is 9.47 Å². The Bertz CT molecular complexity index is 1040. The highest BCUT2D eigenvalue weighted by molar-refractivity contribution is 7.12. The number of alkyl halides is 3. The Labute approximate surface area is 182 Å². The van der Waals surface area contributed by atoms with Gasteiger partial charge in [0.15, 0.2) is 6.10 Å². The number of halogens is 3. The quantitative estimate of drug-likeness (QED) is 0.527. The number of methoxy groups -OCH3 is 1. The van der Waals surface area contributed by atoms with Crippen LogP contribution in [0.4, 0.5) is 13.2 Å². The molecule has 0 saturated heterocycles. The van der Waals surface area contributed by atoms with E-state index in [1.807, 2.05) is 6.92 Å². The molecule has 1 heterocycles. The molecular formula is C23H19F3O4S. The average Bonchev–Trinajstić information content (AvgIpc) is 3.21. The molecule has 1 aromatic heterocycles. The lowest BCUT2D eigenvalue weighted by Crippen LogP contribution is -2.52. The van der Waals surface area contributed by atoms with Gasteiger partial charge in [-0.1, -0.05) is 42.3 Å². The molecule has 0 fully saturated rings. The number of hydrogen-bond donors (Lipinski definition) is 1. The van der Waals surface area contributed by atoms with Crippen LogP contribution in [0.5, 0.6) is 0 Å². The van der Waals surface area contributed by atoms with Crippen LogP contribution in [0.25, 0.3) is 0 Å². The largest absolute Gasteiger partial charge is 0.451 e. The van der Waals surface area contributed by atoms with Gasteiger partial charge in [0.2, 0.25) is 0 Å². The number of rotatable bonds is 6. The molecule has 1 N–H and O–H groups in total. The third-order valence-electron chi connectivity index (χ3n) is 4.10. The molecule has 1 unspecified atom stereocenters. The summed E-state index contributed by atoms with van der Waals surface area (Å²) >= 11 is 1.07. The fraction of sp³-hybridized carbons (Fsp3) is 0.261. The van der Waals surface area contributed by atoms with Crippen molar-refractivity contribution in [2.24, 2.45) is 0 Å². The smallest absolute Gasteiger partial charge is 0.432 e. The van der Waals surface area contributed by atoms with Crippen LogP contribution in [0.1, 0.15) is 28.3 Å². The van der Waals surface area contributed by atoms with Gasteiger partial charge < -0.3 is 14.6 Å². The minimum atomic E-state index is -5.10. The van der Waals surface area contributed by atoms with Gasteiger partial charge in [0.25, 0.3) is 5.60 Å². The molecular weight excluding hydrogens is 429 g/mol. The summed E-state index contributed by atoms with van der Waals surface area (Å²) in [6.07, 6.45) is -3.03. The molecule has 2 atom stereocenters. The van der Waals surface area contributed by atoms with Crippen LogP contribution in [0.15, 0.2) is 54.6 Å². The summed E-state index contributed by atoms with van der Waals surface area (Å²) in [5, 5.41) is 9.66. The van der Waals surface area contributed by atoms with Crippen molar-refractivity contribution >= 4 is 17.3 Å². The first-order valence-corrected chi connectivity index (χ1v) is 9.83. The van der Waals surface area contributed by atoms with Gasteiger partial charge in [0.05, 0.1) is 11.5 Å². The summed E-state index contributed by atoms with van der Waals surface area (Å²) in [6, 6.07) is 9.60. The van der Waals surface area contributed by atoms with Crippen LogP contribution < -0.4 is 0 Å². The van der Waals surface area contributed by atoms with E-state index in [1.54, 1.807) is 18.2 Å². The summed E-state index contributed by atoms with van der Waals surface area (Å²) < 4.78 is 51.7. The Kier molecular flexibility index (Phi) is 8.47. The van der Waals surface area contributed by atoms with Gasteiger partial charge in [0.1, 0.15) is 0 Å². The van der Waals surface area contributed by atoms with Gasteiger partial charge in [0, 0.05) is 17.6 Å². The first-order chi connectivity index (χ1) is 14.8. The Morgan fingerprint density at radius 2 is 1.90 bits per heavy atom. The topological polar surface area (TPSA) is 55.8 Å². The van der Waals surface area contributed by atoms with E-state index in [0.717, 1.165) is 30.6 Å². The molecule has 0 spiro atoms. The standard InChI is InChI=1S/C23H19F3O4S/c1-3-4-5-6-10-13-18-14-15-20(31-18)19(16-27)30-21(28)22(29-2,23(24,25)26)17-11-8-7-9-12-17/h3-4,7-9,11-12,14-15,19,27H,16H2,1-2H3/b4-3+/t19?,22-/m1/s1. The highest BCUT2D eigenvalue weighted by Gasteiger charge is 2.64. The summed E-state index contributed by atoms with van der Waals surface area (Å²) in [5.41, 5.74) is -3.76. The van der Waals surface area contributed by atoms with Crippen LogP contribution >= 0.6 is 11.3 Å². The van der Waals surface area contributed by atoms with Crippen molar-refractivity contribution in [3.8, 4) is 23.7 Å². The SMILES string of the molecule is C/C=C/C#CC#Cc1ccc(C(CO)OC(=O)[C@](OC)(c2ccccc2)C(F)(F)F)s1. The number of allylic oxidation sites excluding steroid dienone is 2. The van der Waals surface area contributed by atoms with Gasteiger partial charge in [-0.2, -0.15) is 13.2 Å². The molecule has 0 amide bonds. The van der Waals surface area contributed by atoms with Crippen LogP contribution in [0.3, 0.4) is 0 Å². The predicted octanol–water partition coefficient (Wildman–Crippen LogP) is 4.36. The predicted molar refractivity (Wildman–Crippen MR) is 111 cm³/mol. The molecule has 0 aliphatic carbocycles. The molecule has 0 aliphatic rings. The second-order valence-corrected chi connectivity index (χ2v) is 7.16. The van der Waals surface area contributed by atoms with Crippen molar-refractivity contribution in [2.75, 3.05) is 13.7 Å². The number of carbonyl (C=O) groups excluding carboxylic acids is 1. The molecule has 0 radical (unpaired) electrons. The number of hydrogen-bond acceptors (Lipinski definition) is 5. The van der Waals surface area contributed by atoms with Crippen molar-refractivity contribution in [3.63, 3.8) is 0 Å². The molecule has 31 heavy (non-hydrogen) atoms. The minimum absolute atomic E-state index is 0.335. The van der Waals surface area contributed by atoms with Crippen molar-refractivity contribution in [1.82, 2.24) is 0 Å². The summed E-state index contributed by atoms with van der Waals surface area (Å²) in [6.45, 7) is 1.10. The lowest BCUT2D eigenvalue weighted by Gasteiger charge is -2.33. The van der Waals surface area contributed by atoms with Crippen LogP contribution in [-0.4, -0.2) is 31.0 Å². The first-order valence-electron chi connectivity index (χ1n) is 9.02. The Balaban J connectivity index is 2.32. The maximum atomic E-state index is 14.0. The Hall–Kier alpha value is -3.04. The van der Waals surface area contributed by atoms with Crippen molar-refractivity contribution < 1.29 is 32.5 Å². The molecule has 162 valence electrons. The van der Waals surface area contributed by atoms with Crippen molar-refractivity contribution in [1.29, 1.82) is 0 Å². The molecule has 0 aliphatic heterocycles. The first kappa shape index (κ1) is 24.2. The minimum Gasteiger partial charge on any atom is -0.451 e. The van der Waals surface area contributed by atoms with E-state index in [-0.39, 0.29) is 0 Å². The Morgan fingerprint density at radius 3 is 2.48 bits per heavy atom. The lowest BCUT2D eigenvalue weighted by atomic mass is 9.92. The van der Waals surface area contributed by atoms with E-state index in [2.05, 4.69) is 23.7 Å². The molecule has 2 aromatic rings. The molecule has 8 heteroatoms. The lowest BCUT2D eigenvalue weighted by molar-refractivity contribution is -0.278. The van der Waals surface area contributed by atoms with Crippen molar-refractivity contribution in [2.45, 2.75) is 24.8 Å². The maximum Gasteiger partial charge on any atom is 0.432 e. The monoisotopic (exact) mass is 448 g/mol. The second kappa shape index (κ2) is 10.8. The molecule has 2 rings (SSSR count). The van der Waals surface area contributed by atoms with E-state index in [0.29, 0.717) is 9.75 Å². The van der Waals surface area contributed by atoms with E-state index >= 15 is 0 Å². The average molecular weight is 448 g/mol. The van der Waals surface area contributed by atoms with Gasteiger partial charge in [-0.25, -0.2) is 4.79 Å².